The Morgan fingerprint density at radius 3 is 2.42 bits per heavy atom. The van der Waals surface area contributed by atoms with E-state index in [9.17, 15) is 23.3 Å². The molecule has 1 aromatic heterocycles. The quantitative estimate of drug-likeness (QED) is 0.370. The van der Waals surface area contributed by atoms with E-state index >= 15 is 0 Å². The van der Waals surface area contributed by atoms with Crippen molar-refractivity contribution in [2.45, 2.75) is 18.4 Å². The number of ether oxygens (including phenoxy) is 2. The maximum absolute atomic E-state index is 12.5. The van der Waals surface area contributed by atoms with Gasteiger partial charge < -0.3 is 14.8 Å². The van der Waals surface area contributed by atoms with Crippen LogP contribution in [0.25, 0.3) is 0 Å². The highest BCUT2D eigenvalue weighted by Crippen LogP contribution is 2.24. The molecule has 0 saturated carbocycles. The second-order valence-electron chi connectivity index (χ2n) is 6.94. The Kier molecular flexibility index (Phi) is 7.23. The van der Waals surface area contributed by atoms with Gasteiger partial charge in [0.15, 0.2) is 9.84 Å². The van der Waals surface area contributed by atoms with Crippen LogP contribution < -0.4 is 14.8 Å². The van der Waals surface area contributed by atoms with E-state index in [4.69, 9.17) is 9.47 Å². The van der Waals surface area contributed by atoms with Crippen molar-refractivity contribution in [1.29, 1.82) is 0 Å². The normalized spacial score (nSPS) is 11.0. The molecule has 0 radical (unpaired) electrons. The molecule has 11 heteroatoms. The summed E-state index contributed by atoms with van der Waals surface area (Å²) in [6.07, 6.45) is 2.43. The minimum absolute atomic E-state index is 0.0674. The van der Waals surface area contributed by atoms with E-state index in [-0.39, 0.29) is 17.0 Å². The summed E-state index contributed by atoms with van der Waals surface area (Å²) < 4.78 is 34.7. The van der Waals surface area contributed by atoms with Crippen molar-refractivity contribution in [3.8, 4) is 17.4 Å². The fourth-order valence-electron chi connectivity index (χ4n) is 2.83. The van der Waals surface area contributed by atoms with Crippen molar-refractivity contribution in [3.63, 3.8) is 0 Å². The Morgan fingerprint density at radius 1 is 1.09 bits per heavy atom. The van der Waals surface area contributed by atoms with E-state index in [0.29, 0.717) is 23.8 Å². The summed E-state index contributed by atoms with van der Waals surface area (Å²) in [4.78, 5) is 26.8. The number of pyridine rings is 1. The van der Waals surface area contributed by atoms with E-state index in [1.54, 1.807) is 36.4 Å². The van der Waals surface area contributed by atoms with Crippen molar-refractivity contribution in [3.05, 3.63) is 82.0 Å². The molecule has 1 N–H and O–H groups in total. The summed E-state index contributed by atoms with van der Waals surface area (Å²) in [7, 11) is -3.74. The first-order chi connectivity index (χ1) is 15.7. The van der Waals surface area contributed by atoms with Gasteiger partial charge in [-0.2, -0.15) is 0 Å². The van der Waals surface area contributed by atoms with Crippen molar-refractivity contribution in [2.24, 2.45) is 0 Å². The van der Waals surface area contributed by atoms with Gasteiger partial charge in [-0.3, -0.25) is 14.9 Å². The lowest BCUT2D eigenvalue weighted by Gasteiger charge is -2.09. The smallest absolute Gasteiger partial charge is 0.271 e. The third kappa shape index (κ3) is 6.50. The lowest BCUT2D eigenvalue weighted by Crippen LogP contribution is -2.23. The summed E-state index contributed by atoms with van der Waals surface area (Å²) in [6.45, 7) is 2.52. The third-order valence-corrected chi connectivity index (χ3v) is 5.49. The van der Waals surface area contributed by atoms with E-state index in [1.807, 2.05) is 6.92 Å². The maximum Gasteiger partial charge on any atom is 0.271 e. The largest absolute Gasteiger partial charge is 0.494 e. The standard InChI is InChI=1S/C22H21N3O7S/c1-3-31-18-4-6-19(7-5-18)32-21-10-15(8-9-23-21)14-24-22(26)16-11-17(25(27)28)13-20(12-16)33(2,29)30/h4-13H,3,14H2,1-2H3,(H,24,26). The molecule has 0 saturated heterocycles. The van der Waals surface area contributed by atoms with Gasteiger partial charge in [0.1, 0.15) is 11.5 Å². The van der Waals surface area contributed by atoms with E-state index in [1.165, 1.54) is 6.20 Å². The monoisotopic (exact) mass is 471 g/mol. The Bertz CT molecular complexity index is 1280. The predicted molar refractivity (Wildman–Crippen MR) is 119 cm³/mol. The minimum atomic E-state index is -3.74. The number of nitro benzene ring substituents is 1. The van der Waals surface area contributed by atoms with Gasteiger partial charge in [0.05, 0.1) is 16.4 Å². The second kappa shape index (κ2) is 10.1. The molecule has 0 fully saturated rings. The molecule has 3 aromatic rings. The van der Waals surface area contributed by atoms with Gasteiger partial charge in [-0.1, -0.05) is 0 Å². The Balaban J connectivity index is 1.71. The molecule has 0 unspecified atom stereocenters. The van der Waals surface area contributed by atoms with E-state index < -0.39 is 26.4 Å². The van der Waals surface area contributed by atoms with Crippen LogP contribution in [0.5, 0.6) is 17.4 Å². The zero-order valence-corrected chi connectivity index (χ0v) is 18.7. The Labute approximate surface area is 190 Å². The molecule has 33 heavy (non-hydrogen) atoms. The number of non-ortho nitro benzene ring substituents is 1. The van der Waals surface area contributed by atoms with Gasteiger partial charge in [-0.15, -0.1) is 0 Å². The van der Waals surface area contributed by atoms with Crippen LogP contribution >= 0.6 is 0 Å². The molecule has 172 valence electrons. The molecule has 0 aliphatic carbocycles. The zero-order chi connectivity index (χ0) is 24.0. The highest BCUT2D eigenvalue weighted by atomic mass is 32.2. The first kappa shape index (κ1) is 23.7. The van der Waals surface area contributed by atoms with Crippen LogP contribution in [-0.4, -0.2) is 37.1 Å². The van der Waals surface area contributed by atoms with Crippen LogP contribution in [0.4, 0.5) is 5.69 Å². The Hall–Kier alpha value is -3.99. The molecule has 1 heterocycles. The van der Waals surface area contributed by atoms with E-state index in [0.717, 1.165) is 30.2 Å². The van der Waals surface area contributed by atoms with Gasteiger partial charge in [0.2, 0.25) is 5.88 Å². The van der Waals surface area contributed by atoms with Crippen LogP contribution in [0, 0.1) is 10.1 Å². The average molecular weight is 471 g/mol. The molecule has 2 aromatic carbocycles. The van der Waals surface area contributed by atoms with Crippen LogP contribution in [0.15, 0.2) is 65.7 Å². The topological polar surface area (TPSA) is 138 Å². The van der Waals surface area contributed by atoms with E-state index in [2.05, 4.69) is 10.3 Å². The molecule has 0 aliphatic heterocycles. The second-order valence-corrected chi connectivity index (χ2v) is 8.95. The average Bonchev–Trinajstić information content (AvgIpc) is 2.78. The highest BCUT2D eigenvalue weighted by molar-refractivity contribution is 7.90. The third-order valence-electron chi connectivity index (χ3n) is 4.40. The zero-order valence-electron chi connectivity index (χ0n) is 17.8. The Morgan fingerprint density at radius 2 is 1.79 bits per heavy atom. The van der Waals surface area contributed by atoms with Gasteiger partial charge >= 0.3 is 0 Å². The number of carbonyl (C=O) groups excluding carboxylic acids is 1. The van der Waals surface area contributed by atoms with Crippen molar-refractivity contribution in [1.82, 2.24) is 10.3 Å². The van der Waals surface area contributed by atoms with Gasteiger partial charge in [0.25, 0.3) is 11.6 Å². The number of hydrogen-bond acceptors (Lipinski definition) is 8. The summed E-state index contributed by atoms with van der Waals surface area (Å²) >= 11 is 0. The number of nitrogens with zero attached hydrogens (tertiary/aromatic N) is 2. The van der Waals surface area contributed by atoms with Crippen LogP contribution in [-0.2, 0) is 16.4 Å². The number of aromatic nitrogens is 1. The molecule has 1 amide bonds. The summed E-state index contributed by atoms with van der Waals surface area (Å²) in [5.41, 5.74) is 0.0376. The van der Waals surface area contributed by atoms with Crippen molar-refractivity contribution >= 4 is 21.4 Å². The highest BCUT2D eigenvalue weighted by Gasteiger charge is 2.19. The summed E-state index contributed by atoms with van der Waals surface area (Å²) in [5, 5.41) is 13.7. The maximum atomic E-state index is 12.5. The molecule has 0 spiro atoms. The van der Waals surface area contributed by atoms with Gasteiger partial charge in [-0.25, -0.2) is 13.4 Å². The SMILES string of the molecule is CCOc1ccc(Oc2cc(CNC(=O)c3cc([N+](=O)[O-])cc(S(C)(=O)=O)c3)ccn2)cc1. The lowest BCUT2D eigenvalue weighted by molar-refractivity contribution is -0.385. The number of rotatable bonds is 9. The number of sulfone groups is 1. The summed E-state index contributed by atoms with van der Waals surface area (Å²) in [5.74, 6) is 0.918. The fraction of sp³-hybridized carbons (Fsp3) is 0.182. The number of amides is 1. The number of hydrogen-bond donors (Lipinski definition) is 1. The minimum Gasteiger partial charge on any atom is -0.494 e. The molecule has 0 aliphatic rings. The first-order valence-electron chi connectivity index (χ1n) is 9.79. The van der Waals surface area contributed by atoms with Crippen molar-refractivity contribution in [2.75, 3.05) is 12.9 Å². The van der Waals surface area contributed by atoms with Crippen molar-refractivity contribution < 1.29 is 27.6 Å². The van der Waals surface area contributed by atoms with Gasteiger partial charge in [-0.05, 0) is 48.9 Å². The number of carbonyl (C=O) groups is 1. The predicted octanol–water partition coefficient (Wildman–Crippen LogP) is 3.51. The lowest BCUT2D eigenvalue weighted by atomic mass is 10.2. The summed E-state index contributed by atoms with van der Waals surface area (Å²) in [6, 6.07) is 13.4. The van der Waals surface area contributed by atoms with Crippen LogP contribution in [0.3, 0.4) is 0 Å². The molecule has 3 rings (SSSR count). The number of nitrogens with one attached hydrogen (secondary N) is 1. The van der Waals surface area contributed by atoms with Crippen LogP contribution in [0.2, 0.25) is 0 Å². The first-order valence-corrected chi connectivity index (χ1v) is 11.7. The molecular formula is C22H21N3O7S. The molecule has 0 bridgehead atoms. The number of benzene rings is 2. The molecule has 10 nitrogen and oxygen atoms in total. The number of nitro groups is 1. The fourth-order valence-corrected chi connectivity index (χ4v) is 3.50. The van der Waals surface area contributed by atoms with Gasteiger partial charge in [0, 0.05) is 42.8 Å². The molecule has 0 atom stereocenters. The van der Waals surface area contributed by atoms with Crippen LogP contribution in [0.1, 0.15) is 22.8 Å². The molecular weight excluding hydrogens is 450 g/mol.